The molecule has 3 rings (SSSR count). The molecule has 0 saturated heterocycles. The van der Waals surface area contributed by atoms with Crippen LogP contribution in [0.1, 0.15) is 38.3 Å². The minimum Gasteiger partial charge on any atom is -0.311 e. The van der Waals surface area contributed by atoms with Gasteiger partial charge < -0.3 is 5.32 Å². The van der Waals surface area contributed by atoms with Gasteiger partial charge in [-0.15, -0.1) is 0 Å². The van der Waals surface area contributed by atoms with E-state index in [1.165, 1.54) is 25.7 Å². The van der Waals surface area contributed by atoms with Crippen molar-refractivity contribution in [3.05, 3.63) is 36.2 Å². The van der Waals surface area contributed by atoms with Crippen molar-refractivity contribution in [1.29, 1.82) is 0 Å². The molecule has 20 heavy (non-hydrogen) atoms. The molecule has 3 nitrogen and oxygen atoms in total. The van der Waals surface area contributed by atoms with Gasteiger partial charge in [-0.05, 0) is 43.4 Å². The second-order valence-electron chi connectivity index (χ2n) is 6.11. The molecule has 1 fully saturated rings. The zero-order chi connectivity index (χ0) is 13.8. The number of para-hydroxylation sites is 2. The third-order valence-electron chi connectivity index (χ3n) is 4.37. The molecule has 1 N–H and O–H groups in total. The molecular weight excluding hydrogens is 246 g/mol. The summed E-state index contributed by atoms with van der Waals surface area (Å²) in [5.41, 5.74) is 2.99. The summed E-state index contributed by atoms with van der Waals surface area (Å²) in [5, 5.41) is 3.55. The Labute approximate surface area is 120 Å². The minimum atomic E-state index is 0.823. The van der Waals surface area contributed by atoms with E-state index in [1.807, 2.05) is 30.5 Å². The third kappa shape index (κ3) is 3.34. The highest BCUT2D eigenvalue weighted by Crippen LogP contribution is 2.27. The van der Waals surface area contributed by atoms with Crippen LogP contribution in [0.2, 0.25) is 0 Å². The predicted molar refractivity (Wildman–Crippen MR) is 82.4 cm³/mol. The highest BCUT2D eigenvalue weighted by molar-refractivity contribution is 5.73. The summed E-state index contributed by atoms with van der Waals surface area (Å²) in [5.74, 6) is 1.78. The topological polar surface area (TPSA) is 37.8 Å². The Morgan fingerprint density at radius 3 is 2.65 bits per heavy atom. The van der Waals surface area contributed by atoms with Crippen LogP contribution < -0.4 is 5.32 Å². The van der Waals surface area contributed by atoms with E-state index < -0.39 is 0 Å². The highest BCUT2D eigenvalue weighted by atomic mass is 14.9. The van der Waals surface area contributed by atoms with Crippen LogP contribution >= 0.6 is 0 Å². The van der Waals surface area contributed by atoms with Gasteiger partial charge in [0.2, 0.25) is 0 Å². The molecule has 1 aliphatic rings. The monoisotopic (exact) mass is 269 g/mol. The number of nitrogens with one attached hydrogen (secondary N) is 1. The van der Waals surface area contributed by atoms with Gasteiger partial charge in [-0.3, -0.25) is 4.98 Å². The molecule has 2 aromatic rings. The highest BCUT2D eigenvalue weighted by Gasteiger charge is 2.17. The van der Waals surface area contributed by atoms with Crippen molar-refractivity contribution in [3.8, 4) is 0 Å². The lowest BCUT2D eigenvalue weighted by atomic mass is 9.83. The second kappa shape index (κ2) is 6.31. The van der Waals surface area contributed by atoms with E-state index in [2.05, 4.69) is 22.2 Å². The van der Waals surface area contributed by atoms with Gasteiger partial charge >= 0.3 is 0 Å². The van der Waals surface area contributed by atoms with Crippen LogP contribution in [-0.4, -0.2) is 16.5 Å². The van der Waals surface area contributed by atoms with E-state index in [0.29, 0.717) is 0 Å². The van der Waals surface area contributed by atoms with Crippen molar-refractivity contribution < 1.29 is 0 Å². The molecule has 0 radical (unpaired) electrons. The van der Waals surface area contributed by atoms with Gasteiger partial charge in [0.25, 0.3) is 0 Å². The lowest BCUT2D eigenvalue weighted by Gasteiger charge is -2.26. The molecule has 0 unspecified atom stereocenters. The molecule has 3 heteroatoms. The summed E-state index contributed by atoms with van der Waals surface area (Å²) in [4.78, 5) is 9.10. The summed E-state index contributed by atoms with van der Waals surface area (Å²) in [6, 6.07) is 8.04. The Hall–Kier alpha value is -1.48. The van der Waals surface area contributed by atoms with E-state index in [0.717, 1.165) is 41.7 Å². The van der Waals surface area contributed by atoms with E-state index in [4.69, 9.17) is 0 Å². The van der Waals surface area contributed by atoms with E-state index in [9.17, 15) is 0 Å². The fraction of sp³-hybridized carbons (Fsp3) is 0.529. The van der Waals surface area contributed by atoms with Crippen molar-refractivity contribution in [2.45, 2.75) is 39.2 Å². The fourth-order valence-corrected chi connectivity index (χ4v) is 3.02. The predicted octanol–water partition coefficient (Wildman–Crippen LogP) is 3.55. The Morgan fingerprint density at radius 1 is 1.10 bits per heavy atom. The molecule has 0 bridgehead atoms. The van der Waals surface area contributed by atoms with Crippen molar-refractivity contribution in [3.63, 3.8) is 0 Å². The molecule has 1 aromatic heterocycles. The SMILES string of the molecule is CC1CCC(CNCc2cnc3ccccc3n2)CC1. The van der Waals surface area contributed by atoms with Crippen molar-refractivity contribution in [1.82, 2.24) is 15.3 Å². The molecule has 1 saturated carbocycles. The summed E-state index contributed by atoms with van der Waals surface area (Å²) in [7, 11) is 0. The standard InChI is InChI=1S/C17H23N3/c1-13-6-8-14(9-7-13)10-18-11-15-12-19-16-4-2-3-5-17(16)20-15/h2-5,12-14,18H,6-11H2,1H3. The first kappa shape index (κ1) is 13.5. The fourth-order valence-electron chi connectivity index (χ4n) is 3.02. The Bertz CT molecular complexity index is 559. The average molecular weight is 269 g/mol. The van der Waals surface area contributed by atoms with E-state index in [-0.39, 0.29) is 0 Å². The van der Waals surface area contributed by atoms with Crippen molar-refractivity contribution >= 4 is 11.0 Å². The molecule has 0 amide bonds. The maximum absolute atomic E-state index is 4.64. The largest absolute Gasteiger partial charge is 0.311 e. The first-order valence-electron chi connectivity index (χ1n) is 7.72. The average Bonchev–Trinajstić information content (AvgIpc) is 2.49. The summed E-state index contributed by atoms with van der Waals surface area (Å²) in [6.07, 6.45) is 7.41. The van der Waals surface area contributed by atoms with Crippen LogP contribution in [0.4, 0.5) is 0 Å². The molecule has 1 heterocycles. The van der Waals surface area contributed by atoms with Gasteiger partial charge in [0, 0.05) is 6.54 Å². The molecule has 106 valence electrons. The number of rotatable bonds is 4. The van der Waals surface area contributed by atoms with Gasteiger partial charge in [-0.25, -0.2) is 4.98 Å². The molecule has 1 aliphatic carbocycles. The number of benzene rings is 1. The van der Waals surface area contributed by atoms with Crippen LogP contribution in [0.15, 0.2) is 30.5 Å². The summed E-state index contributed by atoms with van der Waals surface area (Å²) >= 11 is 0. The lowest BCUT2D eigenvalue weighted by Crippen LogP contribution is -2.26. The van der Waals surface area contributed by atoms with E-state index >= 15 is 0 Å². The van der Waals surface area contributed by atoms with Gasteiger partial charge in [0.05, 0.1) is 22.9 Å². The quantitative estimate of drug-likeness (QED) is 0.922. The maximum Gasteiger partial charge on any atom is 0.0890 e. The number of hydrogen-bond donors (Lipinski definition) is 1. The van der Waals surface area contributed by atoms with Crippen molar-refractivity contribution in [2.75, 3.05) is 6.54 Å². The number of fused-ring (bicyclic) bond motifs is 1. The van der Waals surface area contributed by atoms with E-state index in [1.54, 1.807) is 0 Å². The minimum absolute atomic E-state index is 0.823. The van der Waals surface area contributed by atoms with Gasteiger partial charge in [-0.1, -0.05) is 31.9 Å². The molecule has 0 aliphatic heterocycles. The Balaban J connectivity index is 1.52. The van der Waals surface area contributed by atoms with Crippen LogP contribution in [-0.2, 0) is 6.54 Å². The zero-order valence-corrected chi connectivity index (χ0v) is 12.2. The maximum atomic E-state index is 4.64. The van der Waals surface area contributed by atoms with Crippen LogP contribution in [0.25, 0.3) is 11.0 Å². The Kier molecular flexibility index (Phi) is 4.26. The van der Waals surface area contributed by atoms with Gasteiger partial charge in [0.1, 0.15) is 0 Å². The number of hydrogen-bond acceptors (Lipinski definition) is 3. The van der Waals surface area contributed by atoms with Crippen molar-refractivity contribution in [2.24, 2.45) is 11.8 Å². The number of aromatic nitrogens is 2. The molecular formula is C17H23N3. The third-order valence-corrected chi connectivity index (χ3v) is 4.37. The first-order chi connectivity index (χ1) is 9.81. The molecule has 0 spiro atoms. The van der Waals surface area contributed by atoms with Crippen LogP contribution in [0, 0.1) is 11.8 Å². The van der Waals surface area contributed by atoms with Gasteiger partial charge in [0.15, 0.2) is 0 Å². The van der Waals surface area contributed by atoms with Crippen LogP contribution in [0.3, 0.4) is 0 Å². The lowest BCUT2D eigenvalue weighted by molar-refractivity contribution is 0.281. The molecule has 0 atom stereocenters. The zero-order valence-electron chi connectivity index (χ0n) is 12.2. The number of nitrogens with zero attached hydrogens (tertiary/aromatic N) is 2. The van der Waals surface area contributed by atoms with Crippen LogP contribution in [0.5, 0.6) is 0 Å². The smallest absolute Gasteiger partial charge is 0.0890 e. The van der Waals surface area contributed by atoms with Gasteiger partial charge in [-0.2, -0.15) is 0 Å². The Morgan fingerprint density at radius 2 is 1.85 bits per heavy atom. The second-order valence-corrected chi connectivity index (χ2v) is 6.11. The first-order valence-corrected chi connectivity index (χ1v) is 7.72. The normalized spacial score (nSPS) is 23.1. The summed E-state index contributed by atoms with van der Waals surface area (Å²) < 4.78 is 0. The summed E-state index contributed by atoms with van der Waals surface area (Å²) in [6.45, 7) is 4.30. The molecule has 1 aromatic carbocycles.